The second-order valence-corrected chi connectivity index (χ2v) is 7.00. The van der Waals surface area contributed by atoms with Crippen molar-refractivity contribution in [2.75, 3.05) is 18.5 Å². The van der Waals surface area contributed by atoms with Crippen LogP contribution in [0.2, 0.25) is 0 Å². The first kappa shape index (κ1) is 17.9. The minimum atomic E-state index is -4.61. The lowest BCUT2D eigenvalue weighted by Crippen LogP contribution is -2.63. The van der Waals surface area contributed by atoms with Crippen LogP contribution in [0, 0.1) is 0 Å². The summed E-state index contributed by atoms with van der Waals surface area (Å²) in [7, 11) is 0. The minimum Gasteiger partial charge on any atom is -0.393 e. The van der Waals surface area contributed by atoms with Crippen molar-refractivity contribution in [3.8, 4) is 0 Å². The normalized spacial score (nSPS) is 38.2. The molecular formula is C15H18F3N3O5. The van der Waals surface area contributed by atoms with Gasteiger partial charge < -0.3 is 29.4 Å². The summed E-state index contributed by atoms with van der Waals surface area (Å²) in [4.78, 5) is 7.14. The predicted molar refractivity (Wildman–Crippen MR) is 78.9 cm³/mol. The highest BCUT2D eigenvalue weighted by molar-refractivity contribution is 5.36. The van der Waals surface area contributed by atoms with E-state index in [9.17, 15) is 18.3 Å². The summed E-state index contributed by atoms with van der Waals surface area (Å²) in [6, 6.07) is -0.693. The lowest BCUT2D eigenvalue weighted by molar-refractivity contribution is -0.201. The van der Waals surface area contributed by atoms with E-state index in [0.717, 1.165) is 0 Å². The Kier molecular flexibility index (Phi) is 3.94. The first-order valence-corrected chi connectivity index (χ1v) is 8.05. The van der Waals surface area contributed by atoms with Crippen LogP contribution in [0.15, 0.2) is 12.4 Å². The van der Waals surface area contributed by atoms with Gasteiger partial charge in [0.2, 0.25) is 0 Å². The number of aromatic nitrogens is 2. The van der Waals surface area contributed by atoms with Crippen molar-refractivity contribution in [3.63, 3.8) is 0 Å². The molecule has 0 radical (unpaired) electrons. The second kappa shape index (κ2) is 5.73. The topological polar surface area (TPSA) is 95.0 Å². The fourth-order valence-corrected chi connectivity index (χ4v) is 3.53. The van der Waals surface area contributed by atoms with Gasteiger partial charge in [0, 0.05) is 0 Å². The van der Waals surface area contributed by atoms with Crippen LogP contribution in [-0.2, 0) is 25.1 Å². The Morgan fingerprint density at radius 1 is 1.27 bits per heavy atom. The van der Waals surface area contributed by atoms with Crippen LogP contribution in [0.4, 0.5) is 19.0 Å². The first-order chi connectivity index (χ1) is 12.1. The number of aliphatic hydroxyl groups is 1. The summed E-state index contributed by atoms with van der Waals surface area (Å²) in [6.45, 7) is 3.18. The lowest BCUT2D eigenvalue weighted by Gasteiger charge is -2.41. The highest BCUT2D eigenvalue weighted by Gasteiger charge is 2.65. The molecule has 0 amide bonds. The number of ether oxygens (including phenoxy) is 4. The standard InChI is InChI=1S/C15H18F3N3O5/c1-13(2)24-10-9(12-23-6-14(5-22,26-12)11(10)25-13)21-8-4-19-3-7(20-8)15(16,17)18/h3-4,9-12,22H,5-6H2,1-2H3,(H,20,21)/t9-,10-,11-,12+,14+/m1/s1. The van der Waals surface area contributed by atoms with Gasteiger partial charge in [-0.05, 0) is 13.8 Å². The lowest BCUT2D eigenvalue weighted by atomic mass is 9.88. The molecule has 0 spiro atoms. The average Bonchev–Trinajstić information content (AvgIpc) is 3.11. The number of hydrogen-bond acceptors (Lipinski definition) is 8. The summed E-state index contributed by atoms with van der Waals surface area (Å²) in [6.07, 6.45) is -4.90. The molecular weight excluding hydrogens is 359 g/mol. The first-order valence-electron chi connectivity index (χ1n) is 8.05. The number of nitrogens with zero attached hydrogens (tertiary/aromatic N) is 2. The summed E-state index contributed by atoms with van der Waals surface area (Å²) in [5.41, 5.74) is -2.18. The quantitative estimate of drug-likeness (QED) is 0.803. The van der Waals surface area contributed by atoms with E-state index in [0.29, 0.717) is 6.20 Å². The minimum absolute atomic E-state index is 0.0845. The molecule has 0 aromatic carbocycles. The third-order valence-corrected chi connectivity index (χ3v) is 4.64. The van der Waals surface area contributed by atoms with Gasteiger partial charge in [0.1, 0.15) is 29.7 Å². The van der Waals surface area contributed by atoms with Crippen LogP contribution in [0.3, 0.4) is 0 Å². The third kappa shape index (κ3) is 2.83. The number of anilines is 1. The number of halogens is 3. The molecule has 3 saturated heterocycles. The molecule has 3 aliphatic heterocycles. The molecule has 2 N–H and O–H groups in total. The van der Waals surface area contributed by atoms with Crippen LogP contribution in [-0.4, -0.2) is 64.2 Å². The Hall–Kier alpha value is -1.53. The van der Waals surface area contributed by atoms with Crippen molar-refractivity contribution in [2.24, 2.45) is 0 Å². The monoisotopic (exact) mass is 377 g/mol. The highest BCUT2D eigenvalue weighted by atomic mass is 19.4. The van der Waals surface area contributed by atoms with Crippen molar-refractivity contribution in [1.82, 2.24) is 9.97 Å². The van der Waals surface area contributed by atoms with Gasteiger partial charge in [0.05, 0.1) is 25.6 Å². The van der Waals surface area contributed by atoms with E-state index in [4.69, 9.17) is 18.9 Å². The van der Waals surface area contributed by atoms with Crippen molar-refractivity contribution < 1.29 is 37.2 Å². The van der Waals surface area contributed by atoms with Gasteiger partial charge in [-0.25, -0.2) is 4.98 Å². The summed E-state index contributed by atoms with van der Waals surface area (Å²) < 4.78 is 61.8. The molecule has 5 atom stereocenters. The average molecular weight is 377 g/mol. The van der Waals surface area contributed by atoms with Gasteiger partial charge in [-0.15, -0.1) is 0 Å². The van der Waals surface area contributed by atoms with Crippen molar-refractivity contribution >= 4 is 5.82 Å². The van der Waals surface area contributed by atoms with E-state index in [1.54, 1.807) is 13.8 Å². The number of fused-ring (bicyclic) bond motifs is 4. The third-order valence-electron chi connectivity index (χ3n) is 4.64. The Bertz CT molecular complexity index is 703. The van der Waals surface area contributed by atoms with Gasteiger partial charge in [0.25, 0.3) is 0 Å². The number of aliphatic hydroxyl groups excluding tert-OH is 1. The smallest absolute Gasteiger partial charge is 0.393 e. The van der Waals surface area contributed by atoms with E-state index in [1.807, 2.05) is 0 Å². The van der Waals surface area contributed by atoms with Gasteiger partial charge in [-0.1, -0.05) is 0 Å². The zero-order valence-electron chi connectivity index (χ0n) is 14.0. The van der Waals surface area contributed by atoms with E-state index in [-0.39, 0.29) is 19.0 Å². The maximum absolute atomic E-state index is 12.9. The molecule has 2 bridgehead atoms. The molecule has 26 heavy (non-hydrogen) atoms. The molecule has 3 fully saturated rings. The van der Waals surface area contributed by atoms with Crippen molar-refractivity contribution in [2.45, 2.75) is 56.0 Å². The molecule has 8 nitrogen and oxygen atoms in total. The molecule has 3 aliphatic rings. The van der Waals surface area contributed by atoms with Crippen LogP contribution in [0.5, 0.6) is 0 Å². The van der Waals surface area contributed by atoms with Gasteiger partial charge >= 0.3 is 6.18 Å². The molecule has 4 rings (SSSR count). The summed E-state index contributed by atoms with van der Waals surface area (Å²) >= 11 is 0. The maximum atomic E-state index is 12.9. The zero-order valence-corrected chi connectivity index (χ0v) is 14.0. The van der Waals surface area contributed by atoms with E-state index < -0.39 is 47.8 Å². The number of rotatable bonds is 3. The fraction of sp³-hybridized carbons (Fsp3) is 0.733. The Balaban J connectivity index is 1.63. The van der Waals surface area contributed by atoms with Crippen LogP contribution >= 0.6 is 0 Å². The van der Waals surface area contributed by atoms with Crippen molar-refractivity contribution in [1.29, 1.82) is 0 Å². The largest absolute Gasteiger partial charge is 0.434 e. The number of hydrogen-bond donors (Lipinski definition) is 2. The fourth-order valence-electron chi connectivity index (χ4n) is 3.53. The molecule has 0 saturated carbocycles. The second-order valence-electron chi connectivity index (χ2n) is 7.00. The molecule has 144 valence electrons. The van der Waals surface area contributed by atoms with Gasteiger partial charge in [-0.3, -0.25) is 4.98 Å². The number of alkyl halides is 3. The Labute approximate surface area is 146 Å². The van der Waals surface area contributed by atoms with Gasteiger partial charge in [-0.2, -0.15) is 13.2 Å². The maximum Gasteiger partial charge on any atom is 0.434 e. The molecule has 11 heteroatoms. The zero-order chi connectivity index (χ0) is 18.7. The Morgan fingerprint density at radius 2 is 2.04 bits per heavy atom. The molecule has 0 aliphatic carbocycles. The highest BCUT2D eigenvalue weighted by Crippen LogP contribution is 2.46. The molecule has 4 heterocycles. The summed E-state index contributed by atoms with van der Waals surface area (Å²) in [5, 5.41) is 12.6. The van der Waals surface area contributed by atoms with Crippen molar-refractivity contribution in [3.05, 3.63) is 18.1 Å². The molecule has 0 unspecified atom stereocenters. The predicted octanol–water partition coefficient (Wildman–Crippen LogP) is 0.914. The van der Waals surface area contributed by atoms with Crippen LogP contribution < -0.4 is 5.32 Å². The van der Waals surface area contributed by atoms with Gasteiger partial charge in [0.15, 0.2) is 17.8 Å². The Morgan fingerprint density at radius 3 is 2.73 bits per heavy atom. The summed E-state index contributed by atoms with van der Waals surface area (Å²) in [5.74, 6) is -1.03. The molecule has 1 aromatic heterocycles. The van der Waals surface area contributed by atoms with E-state index in [2.05, 4.69) is 15.3 Å². The number of nitrogens with one attached hydrogen (secondary N) is 1. The van der Waals surface area contributed by atoms with Crippen LogP contribution in [0.25, 0.3) is 0 Å². The van der Waals surface area contributed by atoms with E-state index >= 15 is 0 Å². The molecule has 1 aromatic rings. The van der Waals surface area contributed by atoms with E-state index in [1.165, 1.54) is 6.20 Å². The SMILES string of the molecule is CC1(C)O[C@@H]2[C@@H](Nc3cncc(C(F)(F)F)n3)[C@H]3OC[C@](CO)(O3)[C@@H]2O1. The van der Waals surface area contributed by atoms with Crippen LogP contribution in [0.1, 0.15) is 19.5 Å².